The number of anilines is 1. The van der Waals surface area contributed by atoms with E-state index in [0.717, 1.165) is 16.8 Å². The predicted octanol–water partition coefficient (Wildman–Crippen LogP) is 2.22. The Balaban J connectivity index is 2.09. The van der Waals surface area contributed by atoms with Gasteiger partial charge < -0.3 is 10.6 Å². The molecule has 94 valence electrons. The third kappa shape index (κ3) is 3.05. The van der Waals surface area contributed by atoms with Crippen LogP contribution in [0.1, 0.15) is 10.6 Å². The lowest BCUT2D eigenvalue weighted by atomic mass is 10.4. The zero-order chi connectivity index (χ0) is 13.1. The highest BCUT2D eigenvalue weighted by molar-refractivity contribution is 9.10. The zero-order valence-corrected chi connectivity index (χ0v) is 12.1. The summed E-state index contributed by atoms with van der Waals surface area (Å²) >= 11 is 5.12. The van der Waals surface area contributed by atoms with Gasteiger partial charge in [0.1, 0.15) is 17.3 Å². The van der Waals surface area contributed by atoms with E-state index in [0.29, 0.717) is 5.69 Å². The average Bonchev–Trinajstić information content (AvgIpc) is 2.75. The summed E-state index contributed by atoms with van der Waals surface area (Å²) in [5.74, 6) is 0.684. The molecule has 0 atom stereocenters. The molecule has 3 N–H and O–H groups in total. The first-order valence-corrected chi connectivity index (χ1v) is 6.84. The van der Waals surface area contributed by atoms with E-state index in [1.165, 1.54) is 11.1 Å². The van der Waals surface area contributed by atoms with Crippen LogP contribution in [-0.4, -0.2) is 22.9 Å². The molecule has 0 aliphatic heterocycles. The van der Waals surface area contributed by atoms with E-state index in [2.05, 4.69) is 32.0 Å². The van der Waals surface area contributed by atoms with Gasteiger partial charge in [0.25, 0.3) is 0 Å². The van der Waals surface area contributed by atoms with Gasteiger partial charge in [0, 0.05) is 21.8 Å². The number of nitrogens with one attached hydrogen (secondary N) is 1. The van der Waals surface area contributed by atoms with Crippen LogP contribution in [0, 0.1) is 5.41 Å². The minimum absolute atomic E-state index is 0.0705. The summed E-state index contributed by atoms with van der Waals surface area (Å²) in [6.07, 6.45) is 3.14. The van der Waals surface area contributed by atoms with Gasteiger partial charge in [-0.3, -0.25) is 5.41 Å². The highest BCUT2D eigenvalue weighted by atomic mass is 79.9. The van der Waals surface area contributed by atoms with Crippen LogP contribution >= 0.6 is 27.3 Å². The molecule has 0 saturated heterocycles. The Morgan fingerprint density at radius 2 is 2.28 bits per heavy atom. The number of nitrogens with zero attached hydrogens (tertiary/aromatic N) is 3. The minimum Gasteiger partial charge on any atom is -0.382 e. The van der Waals surface area contributed by atoms with Crippen LogP contribution < -0.4 is 10.6 Å². The monoisotopic (exact) mass is 325 g/mol. The molecule has 2 aromatic heterocycles. The van der Waals surface area contributed by atoms with E-state index in [4.69, 9.17) is 11.1 Å². The van der Waals surface area contributed by atoms with Crippen molar-refractivity contribution < 1.29 is 0 Å². The smallest absolute Gasteiger partial charge is 0.147 e. The van der Waals surface area contributed by atoms with Crippen molar-refractivity contribution in [2.75, 3.05) is 11.9 Å². The summed E-state index contributed by atoms with van der Waals surface area (Å²) in [7, 11) is 1.95. The van der Waals surface area contributed by atoms with Crippen LogP contribution in [0.15, 0.2) is 28.3 Å². The molecule has 0 fully saturated rings. The van der Waals surface area contributed by atoms with Crippen molar-refractivity contribution in [1.29, 1.82) is 5.41 Å². The van der Waals surface area contributed by atoms with Crippen LogP contribution in [0.2, 0.25) is 0 Å². The second-order valence-electron chi connectivity index (χ2n) is 3.76. The van der Waals surface area contributed by atoms with Crippen molar-refractivity contribution in [3.8, 4) is 0 Å². The number of amidine groups is 1. The molecule has 0 amide bonds. The number of rotatable bonds is 4. The lowest BCUT2D eigenvalue weighted by molar-refractivity contribution is 0.901. The standard InChI is InChI=1S/C11H12BrN5S/c1-17(5-8-2-7(12)6-18-8)10-4-15-9(3-16-10)11(13)14/h2-4,6H,5H2,1H3,(H3,13,14). The molecular formula is C11H12BrN5S. The predicted molar refractivity (Wildman–Crippen MR) is 77.2 cm³/mol. The Labute approximate surface area is 117 Å². The van der Waals surface area contributed by atoms with Crippen LogP contribution in [0.4, 0.5) is 5.82 Å². The van der Waals surface area contributed by atoms with E-state index >= 15 is 0 Å². The summed E-state index contributed by atoms with van der Waals surface area (Å²) in [5, 5.41) is 9.30. The average molecular weight is 326 g/mol. The maximum absolute atomic E-state index is 7.25. The van der Waals surface area contributed by atoms with Gasteiger partial charge in [0.15, 0.2) is 0 Å². The molecule has 0 radical (unpaired) electrons. The number of halogens is 1. The maximum Gasteiger partial charge on any atom is 0.147 e. The van der Waals surface area contributed by atoms with Crippen LogP contribution in [0.5, 0.6) is 0 Å². The summed E-state index contributed by atoms with van der Waals surface area (Å²) in [5.41, 5.74) is 5.72. The SMILES string of the molecule is CN(Cc1cc(Br)cs1)c1cnc(C(=N)N)cn1. The van der Waals surface area contributed by atoms with Gasteiger partial charge >= 0.3 is 0 Å². The van der Waals surface area contributed by atoms with E-state index in [1.807, 2.05) is 17.3 Å². The Morgan fingerprint density at radius 3 is 2.78 bits per heavy atom. The third-order valence-corrected chi connectivity index (χ3v) is 4.00. The molecule has 0 aliphatic carbocycles. The summed E-state index contributed by atoms with van der Waals surface area (Å²) in [6.45, 7) is 0.768. The fourth-order valence-corrected chi connectivity index (χ4v) is 2.91. The molecule has 0 spiro atoms. The van der Waals surface area contributed by atoms with Crippen molar-refractivity contribution in [2.24, 2.45) is 5.73 Å². The normalized spacial score (nSPS) is 10.3. The number of nitrogen functional groups attached to an aromatic ring is 1. The van der Waals surface area contributed by atoms with Gasteiger partial charge in [-0.25, -0.2) is 9.97 Å². The fourth-order valence-electron chi connectivity index (χ4n) is 1.41. The van der Waals surface area contributed by atoms with Crippen LogP contribution in [-0.2, 0) is 6.54 Å². The lowest BCUT2D eigenvalue weighted by Crippen LogP contribution is -2.19. The Hall–Kier alpha value is -1.47. The van der Waals surface area contributed by atoms with Gasteiger partial charge in [0.2, 0.25) is 0 Å². The van der Waals surface area contributed by atoms with Crippen molar-refractivity contribution in [3.63, 3.8) is 0 Å². The highest BCUT2D eigenvalue weighted by Gasteiger charge is 2.07. The van der Waals surface area contributed by atoms with Crippen molar-refractivity contribution >= 4 is 38.9 Å². The summed E-state index contributed by atoms with van der Waals surface area (Å²) in [6, 6.07) is 2.08. The van der Waals surface area contributed by atoms with E-state index in [-0.39, 0.29) is 5.84 Å². The van der Waals surface area contributed by atoms with Gasteiger partial charge in [-0.05, 0) is 22.0 Å². The van der Waals surface area contributed by atoms with Gasteiger partial charge in [0.05, 0.1) is 18.9 Å². The topological polar surface area (TPSA) is 78.9 Å². The van der Waals surface area contributed by atoms with Gasteiger partial charge in [-0.2, -0.15) is 0 Å². The molecule has 18 heavy (non-hydrogen) atoms. The summed E-state index contributed by atoms with van der Waals surface area (Å²) < 4.78 is 1.09. The molecular weight excluding hydrogens is 314 g/mol. The molecule has 7 heteroatoms. The number of thiophene rings is 1. The highest BCUT2D eigenvalue weighted by Crippen LogP contribution is 2.22. The first-order valence-electron chi connectivity index (χ1n) is 5.17. The molecule has 2 heterocycles. The number of aromatic nitrogens is 2. The molecule has 0 saturated carbocycles. The minimum atomic E-state index is -0.0705. The zero-order valence-electron chi connectivity index (χ0n) is 9.72. The second-order valence-corrected chi connectivity index (χ2v) is 5.67. The number of nitrogens with two attached hydrogens (primary N) is 1. The quantitative estimate of drug-likeness (QED) is 0.667. The molecule has 0 aromatic carbocycles. The van der Waals surface area contributed by atoms with E-state index in [1.54, 1.807) is 17.5 Å². The fraction of sp³-hybridized carbons (Fsp3) is 0.182. The van der Waals surface area contributed by atoms with Crippen molar-refractivity contribution in [2.45, 2.75) is 6.54 Å². The molecule has 0 bridgehead atoms. The Kier molecular flexibility index (Phi) is 3.93. The molecule has 5 nitrogen and oxygen atoms in total. The number of hydrogen-bond acceptors (Lipinski definition) is 5. The van der Waals surface area contributed by atoms with Gasteiger partial charge in [-0.15, -0.1) is 11.3 Å². The maximum atomic E-state index is 7.25. The Morgan fingerprint density at radius 1 is 1.50 bits per heavy atom. The molecule has 2 rings (SSSR count). The molecule has 0 aliphatic rings. The third-order valence-electron chi connectivity index (χ3n) is 2.32. The molecule has 2 aromatic rings. The first kappa shape index (κ1) is 13.0. The lowest BCUT2D eigenvalue weighted by Gasteiger charge is -2.16. The molecule has 0 unspecified atom stereocenters. The van der Waals surface area contributed by atoms with E-state index < -0.39 is 0 Å². The van der Waals surface area contributed by atoms with Crippen LogP contribution in [0.25, 0.3) is 0 Å². The van der Waals surface area contributed by atoms with Crippen molar-refractivity contribution in [1.82, 2.24) is 9.97 Å². The second kappa shape index (κ2) is 5.45. The Bertz CT molecular complexity index is 551. The number of hydrogen-bond donors (Lipinski definition) is 2. The summed E-state index contributed by atoms with van der Waals surface area (Å²) in [4.78, 5) is 11.6. The van der Waals surface area contributed by atoms with Gasteiger partial charge in [-0.1, -0.05) is 0 Å². The van der Waals surface area contributed by atoms with E-state index in [9.17, 15) is 0 Å². The largest absolute Gasteiger partial charge is 0.382 e. The first-order chi connectivity index (χ1) is 8.56. The van der Waals surface area contributed by atoms with Crippen LogP contribution in [0.3, 0.4) is 0 Å². The van der Waals surface area contributed by atoms with Crippen molar-refractivity contribution in [3.05, 3.63) is 38.9 Å².